The molecule has 228 valence electrons. The molecule has 2 N–H and O–H groups in total. The van der Waals surface area contributed by atoms with Crippen LogP contribution in [0.2, 0.25) is 0 Å². The molecule has 6 aromatic carbocycles. The highest BCUT2D eigenvalue weighted by molar-refractivity contribution is 6.61. The first-order chi connectivity index (χ1) is 22.1. The molecular weight excluding hydrogens is 567 g/mol. The molecule has 8 rings (SSSR count). The van der Waals surface area contributed by atoms with E-state index in [1.54, 1.807) is 0 Å². The van der Waals surface area contributed by atoms with E-state index in [0.717, 1.165) is 71.5 Å². The van der Waals surface area contributed by atoms with Crippen molar-refractivity contribution in [2.45, 2.75) is 45.5 Å². The van der Waals surface area contributed by atoms with Gasteiger partial charge in [-0.1, -0.05) is 117 Å². The molecule has 0 amide bonds. The van der Waals surface area contributed by atoms with Gasteiger partial charge in [0.05, 0.1) is 5.60 Å². The van der Waals surface area contributed by atoms with Gasteiger partial charge in [0.25, 0.3) is 0 Å². The largest absolute Gasteiger partial charge is 0.494 e. The summed E-state index contributed by atoms with van der Waals surface area (Å²) in [6, 6.07) is 39.0. The van der Waals surface area contributed by atoms with Crippen molar-refractivity contribution in [3.05, 3.63) is 138 Å². The van der Waals surface area contributed by atoms with Gasteiger partial charge in [0.15, 0.2) is 0 Å². The van der Waals surface area contributed by atoms with Crippen LogP contribution in [0.4, 0.5) is 0 Å². The van der Waals surface area contributed by atoms with Crippen LogP contribution in [0.1, 0.15) is 62.2 Å². The molecule has 1 heterocycles. The third-order valence-corrected chi connectivity index (χ3v) is 10.5. The lowest BCUT2D eigenvalue weighted by molar-refractivity contribution is -0.0937. The Morgan fingerprint density at radius 2 is 1.09 bits per heavy atom. The maximum Gasteiger partial charge on any atom is 0.494 e. The molecular formula is C41H37BO4. The lowest BCUT2D eigenvalue weighted by Gasteiger charge is -2.47. The predicted octanol–water partition coefficient (Wildman–Crippen LogP) is 8.35. The van der Waals surface area contributed by atoms with E-state index in [-0.39, 0.29) is 11.0 Å². The summed E-state index contributed by atoms with van der Waals surface area (Å²) < 4.78 is 12.7. The van der Waals surface area contributed by atoms with E-state index in [1.165, 1.54) is 0 Å². The molecule has 0 radical (unpaired) electrons. The van der Waals surface area contributed by atoms with Crippen molar-refractivity contribution in [2.24, 2.45) is 5.41 Å². The smallest absolute Gasteiger partial charge is 0.407 e. The first-order valence-electron chi connectivity index (χ1n) is 16.1. The van der Waals surface area contributed by atoms with Crippen LogP contribution in [0, 0.1) is 5.41 Å². The fourth-order valence-electron chi connectivity index (χ4n) is 7.22. The monoisotopic (exact) mass is 604 g/mol. The SMILES string of the molecule is CC1(C)COB(c2ccc(-c3c4c(c(-c5ccccc5)c5ccccc35)C(O)c3cc5ccccc5cc3C4O)cc2)OC1(C)C. The quantitative estimate of drug-likeness (QED) is 0.200. The molecule has 1 saturated heterocycles. The van der Waals surface area contributed by atoms with Crippen LogP contribution in [0.25, 0.3) is 43.8 Å². The van der Waals surface area contributed by atoms with E-state index in [2.05, 4.69) is 88.4 Å². The molecule has 0 saturated carbocycles. The summed E-state index contributed by atoms with van der Waals surface area (Å²) in [5, 5.41) is 28.8. The van der Waals surface area contributed by atoms with Crippen molar-refractivity contribution >= 4 is 34.1 Å². The molecule has 2 atom stereocenters. The molecule has 0 aromatic heterocycles. The third-order valence-electron chi connectivity index (χ3n) is 10.5. The van der Waals surface area contributed by atoms with Crippen LogP contribution < -0.4 is 5.46 Å². The van der Waals surface area contributed by atoms with Gasteiger partial charge in [-0.05, 0) is 86.4 Å². The highest BCUT2D eigenvalue weighted by Crippen LogP contribution is 2.53. The van der Waals surface area contributed by atoms with E-state index in [1.807, 2.05) is 54.6 Å². The van der Waals surface area contributed by atoms with Crippen LogP contribution in [0.15, 0.2) is 115 Å². The number of aliphatic hydroxyl groups is 2. The topological polar surface area (TPSA) is 58.9 Å². The highest BCUT2D eigenvalue weighted by Gasteiger charge is 2.47. The molecule has 2 unspecified atom stereocenters. The zero-order valence-corrected chi connectivity index (χ0v) is 26.6. The minimum absolute atomic E-state index is 0.111. The van der Waals surface area contributed by atoms with Crippen molar-refractivity contribution in [1.29, 1.82) is 0 Å². The number of hydrogen-bond acceptors (Lipinski definition) is 4. The van der Waals surface area contributed by atoms with Gasteiger partial charge in [0.1, 0.15) is 12.2 Å². The first kappa shape index (κ1) is 29.2. The summed E-state index contributed by atoms with van der Waals surface area (Å²) in [5.74, 6) is 0. The number of hydrogen-bond donors (Lipinski definition) is 2. The van der Waals surface area contributed by atoms with Crippen molar-refractivity contribution in [1.82, 2.24) is 0 Å². The normalized spacial score (nSPS) is 20.0. The lowest BCUT2D eigenvalue weighted by Crippen LogP contribution is -2.58. The number of rotatable bonds is 3. The van der Waals surface area contributed by atoms with E-state index < -0.39 is 19.3 Å². The second kappa shape index (κ2) is 10.6. The zero-order valence-electron chi connectivity index (χ0n) is 26.6. The van der Waals surface area contributed by atoms with E-state index in [4.69, 9.17) is 9.31 Å². The minimum Gasteiger partial charge on any atom is -0.407 e. The van der Waals surface area contributed by atoms with Crippen LogP contribution >= 0.6 is 0 Å². The number of benzene rings is 6. The Balaban J connectivity index is 1.36. The Morgan fingerprint density at radius 1 is 0.609 bits per heavy atom. The van der Waals surface area contributed by atoms with E-state index in [0.29, 0.717) is 6.61 Å². The average Bonchev–Trinajstić information content (AvgIpc) is 3.07. The molecule has 1 aliphatic carbocycles. The number of fused-ring (bicyclic) bond motifs is 4. The van der Waals surface area contributed by atoms with Gasteiger partial charge < -0.3 is 19.5 Å². The molecule has 4 nitrogen and oxygen atoms in total. The number of aliphatic hydroxyl groups excluding tert-OH is 2. The summed E-state index contributed by atoms with van der Waals surface area (Å²) in [5.41, 5.74) is 7.30. The minimum atomic E-state index is -0.937. The van der Waals surface area contributed by atoms with Crippen LogP contribution in [0.5, 0.6) is 0 Å². The van der Waals surface area contributed by atoms with Gasteiger partial charge in [0, 0.05) is 23.1 Å². The second-order valence-corrected chi connectivity index (χ2v) is 13.9. The Kier molecular flexibility index (Phi) is 6.75. The zero-order chi connectivity index (χ0) is 31.8. The Hall–Kier alpha value is -4.26. The second-order valence-electron chi connectivity index (χ2n) is 13.9. The fraction of sp³-hybridized carbons (Fsp3) is 0.220. The predicted molar refractivity (Wildman–Crippen MR) is 187 cm³/mol. The Morgan fingerprint density at radius 3 is 1.61 bits per heavy atom. The van der Waals surface area contributed by atoms with E-state index in [9.17, 15) is 10.2 Å². The fourth-order valence-corrected chi connectivity index (χ4v) is 7.22. The molecule has 46 heavy (non-hydrogen) atoms. The molecule has 0 bridgehead atoms. The lowest BCUT2D eigenvalue weighted by atomic mass is 9.68. The third kappa shape index (κ3) is 4.45. The molecule has 0 spiro atoms. The van der Waals surface area contributed by atoms with Gasteiger partial charge in [-0.25, -0.2) is 0 Å². The summed E-state index contributed by atoms with van der Waals surface area (Å²) in [6.07, 6.45) is -1.86. The summed E-state index contributed by atoms with van der Waals surface area (Å²) in [6.45, 7) is 9.18. The maximum atomic E-state index is 12.4. The van der Waals surface area contributed by atoms with Gasteiger partial charge in [0.2, 0.25) is 0 Å². The average molecular weight is 605 g/mol. The van der Waals surface area contributed by atoms with Gasteiger partial charge in [-0.15, -0.1) is 0 Å². The van der Waals surface area contributed by atoms with Crippen LogP contribution in [-0.2, 0) is 9.31 Å². The van der Waals surface area contributed by atoms with Crippen molar-refractivity contribution in [3.63, 3.8) is 0 Å². The molecule has 1 aliphatic heterocycles. The standard InChI is InChI=1S/C41H37BO4/c1-40(2)24-45-42(46-41(40,3)4)29-20-18-26(19-21-29)35-31-17-11-10-16-30(31)34(25-12-6-5-7-13-25)36-37(35)39(44)33-23-28-15-9-8-14-27(28)22-32(33)38(36)43/h5-23,38-39,43-44H,24H2,1-4H3. The van der Waals surface area contributed by atoms with Crippen molar-refractivity contribution < 1.29 is 19.5 Å². The van der Waals surface area contributed by atoms with Crippen LogP contribution in [-0.4, -0.2) is 29.5 Å². The van der Waals surface area contributed by atoms with Crippen molar-refractivity contribution in [3.8, 4) is 22.3 Å². The van der Waals surface area contributed by atoms with Crippen molar-refractivity contribution in [2.75, 3.05) is 6.61 Å². The van der Waals surface area contributed by atoms with Gasteiger partial charge in [-0.3, -0.25) is 0 Å². The first-order valence-corrected chi connectivity index (χ1v) is 16.1. The summed E-state index contributed by atoms with van der Waals surface area (Å²) in [7, 11) is -0.462. The highest BCUT2D eigenvalue weighted by atomic mass is 16.6. The summed E-state index contributed by atoms with van der Waals surface area (Å²) >= 11 is 0. The van der Waals surface area contributed by atoms with Gasteiger partial charge in [-0.2, -0.15) is 0 Å². The Labute approximate surface area is 270 Å². The Bertz CT molecular complexity index is 2120. The van der Waals surface area contributed by atoms with Crippen LogP contribution in [0.3, 0.4) is 0 Å². The maximum absolute atomic E-state index is 12.4. The molecule has 5 heteroatoms. The summed E-state index contributed by atoms with van der Waals surface area (Å²) in [4.78, 5) is 0. The van der Waals surface area contributed by atoms with Gasteiger partial charge >= 0.3 is 7.12 Å². The van der Waals surface area contributed by atoms with E-state index >= 15 is 0 Å². The molecule has 2 aliphatic rings. The molecule has 6 aromatic rings. The molecule has 1 fully saturated rings.